The molecule has 1 atom stereocenters. The van der Waals surface area contributed by atoms with Gasteiger partial charge in [0.05, 0.1) is 10.8 Å². The fraction of sp³-hybridized carbons (Fsp3) is 0.490. The quantitative estimate of drug-likeness (QED) is 0.148. The summed E-state index contributed by atoms with van der Waals surface area (Å²) in [6.45, 7) is 13.1. The first-order valence-corrected chi connectivity index (χ1v) is 26.3. The molecule has 0 N–H and O–H groups in total. The van der Waals surface area contributed by atoms with E-state index in [2.05, 4.69) is 107 Å². The summed E-state index contributed by atoms with van der Waals surface area (Å²) in [5.74, 6) is 3.56. The number of amides is 2. The number of carbonyl (C=O) groups excluding carboxylic acids is 2. The van der Waals surface area contributed by atoms with Crippen LogP contribution in [0.1, 0.15) is 71.9 Å². The van der Waals surface area contributed by atoms with Crippen molar-refractivity contribution < 1.29 is 32.4 Å². The molecule has 7 nitrogen and oxygen atoms in total. The summed E-state index contributed by atoms with van der Waals surface area (Å²) >= 11 is 16.3. The number of benzene rings is 4. The van der Waals surface area contributed by atoms with Gasteiger partial charge in [0.25, 0.3) is 0 Å². The fourth-order valence-electron chi connectivity index (χ4n) is 9.14. The molecule has 4 aliphatic rings. The molecule has 0 spiro atoms. The van der Waals surface area contributed by atoms with E-state index in [0.29, 0.717) is 37.6 Å². The summed E-state index contributed by atoms with van der Waals surface area (Å²) < 4.78 is 11.8. The molecule has 2 amide bonds. The van der Waals surface area contributed by atoms with Crippen molar-refractivity contribution in [3.05, 3.63) is 130 Å². The predicted molar refractivity (Wildman–Crippen MR) is 272 cm³/mol. The summed E-state index contributed by atoms with van der Waals surface area (Å²) in [4.78, 5) is 36.9. The Labute approximate surface area is 428 Å². The second-order valence-electron chi connectivity index (χ2n) is 17.4. The Balaban J connectivity index is 0.000000256. The molecule has 0 aromatic heterocycles. The Morgan fingerprint density at radius 2 is 1.09 bits per heavy atom. The van der Waals surface area contributed by atoms with E-state index < -0.39 is 15.1 Å². The van der Waals surface area contributed by atoms with E-state index in [-0.39, 0.29) is 36.9 Å². The Kier molecular flexibility index (Phi) is 24.9. The van der Waals surface area contributed by atoms with E-state index in [1.807, 2.05) is 35.7 Å². The zero-order valence-corrected chi connectivity index (χ0v) is 44.0. The zero-order chi connectivity index (χ0) is 44.6. The Hall–Kier alpha value is -2.02. The van der Waals surface area contributed by atoms with Crippen molar-refractivity contribution in [2.75, 3.05) is 63.9 Å². The molecule has 1 unspecified atom stereocenters. The number of fused-ring (bicyclic) bond motifs is 2. The SMILES string of the molecule is Cc1ccc2c(c1)CN(C(=O)CCN1CCC(Cc3ccccc3)CC1)CCS2.Cc1ccc2c(c1)CN(C(=O)CCN1CCC(Cc3ccccc3)CC1)CCS2=O.Cl.ClC(Cl)Cl.[V]. The molecule has 65 heavy (non-hydrogen) atoms. The molecule has 4 aromatic rings. The summed E-state index contributed by atoms with van der Waals surface area (Å²) in [5, 5.41) is 0. The molecule has 0 saturated carbocycles. The van der Waals surface area contributed by atoms with E-state index >= 15 is 0 Å². The number of piperidine rings is 2. The van der Waals surface area contributed by atoms with Crippen LogP contribution in [0.15, 0.2) is 107 Å². The number of hydrogen-bond donors (Lipinski definition) is 0. The van der Waals surface area contributed by atoms with Crippen molar-refractivity contribution in [1.29, 1.82) is 0 Å². The minimum Gasteiger partial charge on any atom is -0.337 e. The van der Waals surface area contributed by atoms with Crippen molar-refractivity contribution in [2.45, 2.75) is 92.4 Å². The maximum atomic E-state index is 12.9. The molecule has 1 radical (unpaired) electrons. The topological polar surface area (TPSA) is 64.2 Å². The molecule has 0 bridgehead atoms. The third-order valence-corrected chi connectivity index (χ3v) is 15.2. The van der Waals surface area contributed by atoms with Gasteiger partial charge in [-0.3, -0.25) is 13.8 Å². The molecule has 14 heteroatoms. The number of hydrogen-bond acceptors (Lipinski definition) is 6. The van der Waals surface area contributed by atoms with Gasteiger partial charge in [0.1, 0.15) is 0 Å². The minimum absolute atomic E-state index is 0. The molecule has 353 valence electrons. The molecular weight excluding hydrogens is 973 g/mol. The van der Waals surface area contributed by atoms with Gasteiger partial charge < -0.3 is 19.6 Å². The molecule has 2 saturated heterocycles. The number of thioether (sulfide) groups is 1. The number of likely N-dealkylation sites (tertiary alicyclic amines) is 2. The minimum atomic E-state index is -1.01. The van der Waals surface area contributed by atoms with Gasteiger partial charge in [0.15, 0.2) is 4.30 Å². The molecule has 0 aliphatic carbocycles. The van der Waals surface area contributed by atoms with Crippen molar-refractivity contribution >= 4 is 81.6 Å². The number of aryl methyl sites for hydroxylation is 2. The first-order chi connectivity index (χ1) is 30.5. The zero-order valence-electron chi connectivity index (χ0n) is 37.9. The van der Waals surface area contributed by atoms with E-state index in [4.69, 9.17) is 34.8 Å². The van der Waals surface area contributed by atoms with E-state index in [1.54, 1.807) is 0 Å². The monoisotopic (exact) mass is 1040 g/mol. The third kappa shape index (κ3) is 18.8. The Morgan fingerprint density at radius 3 is 1.60 bits per heavy atom. The Bertz CT molecular complexity index is 2070. The first-order valence-electron chi connectivity index (χ1n) is 22.7. The number of nitrogens with zero attached hydrogens (tertiary/aromatic N) is 4. The van der Waals surface area contributed by atoms with Gasteiger partial charge in [-0.2, -0.15) is 0 Å². The van der Waals surface area contributed by atoms with Crippen LogP contribution in [0.2, 0.25) is 0 Å². The molecular formula is C51H66Cl4N4O3S2V. The summed E-state index contributed by atoms with van der Waals surface area (Å²) in [7, 11) is -1.01. The van der Waals surface area contributed by atoms with Crippen LogP contribution in [-0.2, 0) is 64.9 Å². The van der Waals surface area contributed by atoms with Gasteiger partial charge >= 0.3 is 0 Å². The van der Waals surface area contributed by atoms with Gasteiger partial charge in [0, 0.05) is 92.0 Å². The van der Waals surface area contributed by atoms with Crippen LogP contribution in [0.4, 0.5) is 0 Å². The predicted octanol–water partition coefficient (Wildman–Crippen LogP) is 11.0. The number of alkyl halides is 3. The van der Waals surface area contributed by atoms with Gasteiger partial charge in [0.2, 0.25) is 11.8 Å². The van der Waals surface area contributed by atoms with Crippen molar-refractivity contribution in [3.63, 3.8) is 0 Å². The standard InChI is InChI=1S/C25H32N2O2S.C25H32N2OS.CHCl3.ClH.V/c1-20-7-8-24-23(17-20)19-27(15-16-30(24)29)25(28)11-14-26-12-9-22(10-13-26)18-21-5-3-2-4-6-21;1-20-7-8-24-23(17-20)19-27(15-16-29-24)25(28)11-14-26-12-9-22(10-13-26)18-21-5-3-2-4-6-21;2-1(3)4;;/h2-8,17,22H,9-16,18-19H2,1H3;2-8,17,22H,9-16,18-19H2,1H3;1H;1H;. The second-order valence-corrected chi connectivity index (χ2v) is 22.1. The van der Waals surface area contributed by atoms with Gasteiger partial charge in [-0.25, -0.2) is 0 Å². The second kappa shape index (κ2) is 29.1. The number of halogens is 4. The van der Waals surface area contributed by atoms with E-state index in [0.717, 1.165) is 92.4 Å². The first kappa shape index (κ1) is 55.6. The third-order valence-electron chi connectivity index (χ3n) is 12.7. The number of carbonyl (C=O) groups is 2. The molecule has 4 aromatic carbocycles. The molecule has 2 fully saturated rings. The van der Waals surface area contributed by atoms with Crippen molar-refractivity contribution in [2.24, 2.45) is 11.8 Å². The summed E-state index contributed by atoms with van der Waals surface area (Å²) in [6, 6.07) is 34.3. The van der Waals surface area contributed by atoms with Crippen LogP contribution in [0.5, 0.6) is 0 Å². The summed E-state index contributed by atoms with van der Waals surface area (Å²) in [5.41, 5.74) is 7.66. The van der Waals surface area contributed by atoms with E-state index in [1.165, 1.54) is 59.3 Å². The van der Waals surface area contributed by atoms with Crippen LogP contribution in [0, 0.1) is 25.7 Å². The normalized spacial score (nSPS) is 18.2. The Morgan fingerprint density at radius 1 is 0.646 bits per heavy atom. The van der Waals surface area contributed by atoms with Crippen LogP contribution in [-0.4, -0.2) is 104 Å². The van der Waals surface area contributed by atoms with Gasteiger partial charge in [-0.1, -0.05) is 131 Å². The maximum absolute atomic E-state index is 12.9. The average Bonchev–Trinajstić information content (AvgIpc) is 3.59. The van der Waals surface area contributed by atoms with Gasteiger partial charge in [-0.05, 0) is 125 Å². The molecule has 4 heterocycles. The van der Waals surface area contributed by atoms with Crippen molar-refractivity contribution in [3.8, 4) is 0 Å². The van der Waals surface area contributed by atoms with Crippen LogP contribution >= 0.6 is 59.0 Å². The average molecular weight is 1040 g/mol. The van der Waals surface area contributed by atoms with Crippen LogP contribution in [0.3, 0.4) is 0 Å². The maximum Gasteiger partial charge on any atom is 0.224 e. The molecule has 8 rings (SSSR count). The van der Waals surface area contributed by atoms with Crippen LogP contribution in [0.25, 0.3) is 0 Å². The summed E-state index contributed by atoms with van der Waals surface area (Å²) in [6.07, 6.45) is 8.46. The molecule has 4 aliphatic heterocycles. The number of rotatable bonds is 10. The van der Waals surface area contributed by atoms with Crippen LogP contribution < -0.4 is 0 Å². The van der Waals surface area contributed by atoms with Crippen molar-refractivity contribution in [1.82, 2.24) is 19.6 Å². The smallest absolute Gasteiger partial charge is 0.224 e. The largest absolute Gasteiger partial charge is 0.337 e. The van der Waals surface area contributed by atoms with Gasteiger partial charge in [-0.15, -0.1) is 24.2 Å². The van der Waals surface area contributed by atoms with E-state index in [9.17, 15) is 13.8 Å². The fourth-order valence-corrected chi connectivity index (χ4v) is 11.4.